The van der Waals surface area contributed by atoms with Crippen molar-refractivity contribution in [2.75, 3.05) is 18.4 Å². The number of hydrogen-bond acceptors (Lipinski definition) is 6. The Morgan fingerprint density at radius 2 is 1.83 bits per heavy atom. The maximum absolute atomic E-state index is 12.7. The number of anilines is 1. The second kappa shape index (κ2) is 7.98. The zero-order valence-electron chi connectivity index (χ0n) is 15.8. The van der Waals surface area contributed by atoms with Gasteiger partial charge in [0.1, 0.15) is 23.8 Å². The highest BCUT2D eigenvalue weighted by Gasteiger charge is 2.16. The molecule has 0 aliphatic rings. The lowest BCUT2D eigenvalue weighted by Crippen LogP contribution is -2.29. The van der Waals surface area contributed by atoms with Gasteiger partial charge in [-0.05, 0) is 18.4 Å². The Morgan fingerprint density at radius 3 is 2.66 bits per heavy atom. The number of nitrogens with one attached hydrogen (secondary N) is 2. The Morgan fingerprint density at radius 1 is 1.00 bits per heavy atom. The fourth-order valence-electron chi connectivity index (χ4n) is 3.08. The average Bonchev–Trinajstić information content (AvgIpc) is 3.17. The number of fused-ring (bicyclic) bond motifs is 1. The van der Waals surface area contributed by atoms with E-state index in [1.807, 2.05) is 48.0 Å². The second-order valence-electron chi connectivity index (χ2n) is 6.41. The van der Waals surface area contributed by atoms with Crippen molar-refractivity contribution in [1.29, 1.82) is 0 Å². The molecule has 0 amide bonds. The molecule has 2 N–H and O–H groups in total. The molecule has 9 heteroatoms. The SMILES string of the molecule is Cc1nccn1-c1cc(NCCNS(=O)(=O)c2cccc3ccccc23)ncn1. The summed E-state index contributed by atoms with van der Waals surface area (Å²) in [6.07, 6.45) is 4.98. The summed E-state index contributed by atoms with van der Waals surface area (Å²) in [5.74, 6) is 2.11. The van der Waals surface area contributed by atoms with Gasteiger partial charge in [0, 0.05) is 36.9 Å². The van der Waals surface area contributed by atoms with E-state index >= 15 is 0 Å². The molecule has 2 heterocycles. The summed E-state index contributed by atoms with van der Waals surface area (Å²) in [4.78, 5) is 12.9. The number of rotatable bonds is 7. The van der Waals surface area contributed by atoms with Gasteiger partial charge in [0.2, 0.25) is 10.0 Å². The van der Waals surface area contributed by atoms with Crippen LogP contribution in [-0.2, 0) is 10.0 Å². The van der Waals surface area contributed by atoms with Crippen LogP contribution >= 0.6 is 0 Å². The van der Waals surface area contributed by atoms with E-state index in [1.54, 1.807) is 24.4 Å². The molecule has 0 fully saturated rings. The van der Waals surface area contributed by atoms with Crippen LogP contribution in [0.4, 0.5) is 5.82 Å². The fraction of sp³-hybridized carbons (Fsp3) is 0.150. The first-order chi connectivity index (χ1) is 14.0. The van der Waals surface area contributed by atoms with E-state index in [1.165, 1.54) is 6.33 Å². The molecule has 4 rings (SSSR count). The first-order valence-electron chi connectivity index (χ1n) is 9.08. The number of benzene rings is 2. The van der Waals surface area contributed by atoms with Gasteiger partial charge in [-0.3, -0.25) is 4.57 Å². The first-order valence-corrected chi connectivity index (χ1v) is 10.6. The van der Waals surface area contributed by atoms with Crippen molar-refractivity contribution in [3.63, 3.8) is 0 Å². The van der Waals surface area contributed by atoms with Crippen molar-refractivity contribution < 1.29 is 8.42 Å². The number of aromatic nitrogens is 4. The van der Waals surface area contributed by atoms with Crippen LogP contribution in [-0.4, -0.2) is 41.0 Å². The zero-order valence-corrected chi connectivity index (χ0v) is 16.6. The maximum atomic E-state index is 12.7. The van der Waals surface area contributed by atoms with Crippen molar-refractivity contribution in [3.8, 4) is 5.82 Å². The molecule has 0 aliphatic carbocycles. The van der Waals surface area contributed by atoms with Gasteiger partial charge < -0.3 is 5.32 Å². The van der Waals surface area contributed by atoms with Gasteiger partial charge in [0.25, 0.3) is 0 Å². The molecule has 29 heavy (non-hydrogen) atoms. The number of sulfonamides is 1. The van der Waals surface area contributed by atoms with Crippen LogP contribution in [0.1, 0.15) is 5.82 Å². The number of imidazole rings is 1. The van der Waals surface area contributed by atoms with Crippen LogP contribution in [0.15, 0.2) is 72.1 Å². The summed E-state index contributed by atoms with van der Waals surface area (Å²) >= 11 is 0. The zero-order chi connectivity index (χ0) is 20.3. The largest absolute Gasteiger partial charge is 0.369 e. The van der Waals surface area contributed by atoms with Gasteiger partial charge in [0.05, 0.1) is 4.90 Å². The van der Waals surface area contributed by atoms with E-state index < -0.39 is 10.0 Å². The minimum absolute atomic E-state index is 0.217. The molecule has 0 spiro atoms. The van der Waals surface area contributed by atoms with Crippen LogP contribution in [0.25, 0.3) is 16.6 Å². The van der Waals surface area contributed by atoms with E-state index in [4.69, 9.17) is 0 Å². The summed E-state index contributed by atoms with van der Waals surface area (Å²) in [5, 5.41) is 4.70. The molecule has 0 atom stereocenters. The van der Waals surface area contributed by atoms with Gasteiger partial charge in [-0.2, -0.15) is 0 Å². The minimum Gasteiger partial charge on any atom is -0.369 e. The Hall–Kier alpha value is -3.30. The molecule has 0 unspecified atom stereocenters. The summed E-state index contributed by atoms with van der Waals surface area (Å²) < 4.78 is 29.9. The molecule has 4 aromatic rings. The average molecular weight is 408 g/mol. The van der Waals surface area contributed by atoms with Crippen molar-refractivity contribution in [2.24, 2.45) is 0 Å². The van der Waals surface area contributed by atoms with Gasteiger partial charge in [-0.15, -0.1) is 0 Å². The van der Waals surface area contributed by atoms with Crippen LogP contribution < -0.4 is 10.0 Å². The van der Waals surface area contributed by atoms with E-state index in [-0.39, 0.29) is 11.4 Å². The lowest BCUT2D eigenvalue weighted by atomic mass is 10.1. The molecule has 0 radical (unpaired) electrons. The lowest BCUT2D eigenvalue weighted by molar-refractivity contribution is 0.584. The lowest BCUT2D eigenvalue weighted by Gasteiger charge is -2.11. The highest BCUT2D eigenvalue weighted by Crippen LogP contribution is 2.22. The number of hydrogen-bond donors (Lipinski definition) is 2. The summed E-state index contributed by atoms with van der Waals surface area (Å²) in [6.45, 7) is 2.48. The third kappa shape index (κ3) is 4.10. The van der Waals surface area contributed by atoms with Crippen molar-refractivity contribution in [1.82, 2.24) is 24.2 Å². The van der Waals surface area contributed by atoms with E-state index in [0.717, 1.165) is 11.2 Å². The van der Waals surface area contributed by atoms with E-state index in [9.17, 15) is 8.42 Å². The second-order valence-corrected chi connectivity index (χ2v) is 8.14. The molecule has 8 nitrogen and oxygen atoms in total. The molecule has 0 aliphatic heterocycles. The van der Waals surface area contributed by atoms with Crippen LogP contribution in [0, 0.1) is 6.92 Å². The van der Waals surface area contributed by atoms with E-state index in [0.29, 0.717) is 23.6 Å². The maximum Gasteiger partial charge on any atom is 0.241 e. The normalized spacial score (nSPS) is 11.6. The fourth-order valence-corrected chi connectivity index (χ4v) is 4.34. The minimum atomic E-state index is -3.63. The molecule has 0 saturated carbocycles. The standard InChI is InChI=1S/C20H20N6O2S/c1-15-21-11-12-26(15)20-13-19(23-14-24-20)22-9-10-25-29(27,28)18-8-4-6-16-5-2-3-7-17(16)18/h2-8,11-14,25H,9-10H2,1H3,(H,22,23,24). The van der Waals surface area contributed by atoms with E-state index in [2.05, 4.69) is 25.0 Å². The predicted octanol–water partition coefficient (Wildman–Crippen LogP) is 2.51. The topological polar surface area (TPSA) is 102 Å². The Balaban J connectivity index is 1.41. The summed E-state index contributed by atoms with van der Waals surface area (Å²) in [7, 11) is -3.63. The van der Waals surface area contributed by atoms with Gasteiger partial charge in [-0.1, -0.05) is 36.4 Å². The molecule has 0 saturated heterocycles. The highest BCUT2D eigenvalue weighted by atomic mass is 32.2. The Bertz CT molecular complexity index is 1250. The summed E-state index contributed by atoms with van der Waals surface area (Å²) in [5.41, 5.74) is 0. The molecule has 148 valence electrons. The molecule has 2 aromatic carbocycles. The third-order valence-electron chi connectivity index (χ3n) is 4.49. The molecule has 2 aromatic heterocycles. The highest BCUT2D eigenvalue weighted by molar-refractivity contribution is 7.89. The first kappa shape index (κ1) is 19.0. The Kier molecular flexibility index (Phi) is 5.24. The van der Waals surface area contributed by atoms with Gasteiger partial charge in [0.15, 0.2) is 0 Å². The van der Waals surface area contributed by atoms with Crippen molar-refractivity contribution in [2.45, 2.75) is 11.8 Å². The van der Waals surface area contributed by atoms with Crippen LogP contribution in [0.3, 0.4) is 0 Å². The third-order valence-corrected chi connectivity index (χ3v) is 6.01. The Labute approximate surface area is 168 Å². The molecule has 0 bridgehead atoms. The van der Waals surface area contributed by atoms with Crippen LogP contribution in [0.5, 0.6) is 0 Å². The van der Waals surface area contributed by atoms with Crippen LogP contribution in [0.2, 0.25) is 0 Å². The number of aryl methyl sites for hydroxylation is 1. The van der Waals surface area contributed by atoms with Gasteiger partial charge in [-0.25, -0.2) is 28.1 Å². The van der Waals surface area contributed by atoms with Gasteiger partial charge >= 0.3 is 0 Å². The number of nitrogens with zero attached hydrogens (tertiary/aromatic N) is 4. The predicted molar refractivity (Wildman–Crippen MR) is 112 cm³/mol. The monoisotopic (exact) mass is 408 g/mol. The quantitative estimate of drug-likeness (QED) is 0.456. The molecular weight excluding hydrogens is 388 g/mol. The summed E-state index contributed by atoms with van der Waals surface area (Å²) in [6, 6.07) is 14.5. The van der Waals surface area contributed by atoms with Crippen molar-refractivity contribution >= 4 is 26.6 Å². The smallest absolute Gasteiger partial charge is 0.241 e. The van der Waals surface area contributed by atoms with Crippen molar-refractivity contribution in [3.05, 3.63) is 73.1 Å². The molecular formula is C20H20N6O2S.